The van der Waals surface area contributed by atoms with E-state index in [1.165, 1.54) is 6.42 Å². The predicted molar refractivity (Wildman–Crippen MR) is 124 cm³/mol. The van der Waals surface area contributed by atoms with E-state index in [2.05, 4.69) is 29.8 Å². The number of piperidine rings is 2. The molecule has 0 bridgehead atoms. The largest absolute Gasteiger partial charge is 0.342 e. The monoisotopic (exact) mass is 446 g/mol. The number of rotatable bonds is 3. The van der Waals surface area contributed by atoms with Crippen molar-refractivity contribution < 1.29 is 14.4 Å². The lowest BCUT2D eigenvalue weighted by atomic mass is 9.64. The van der Waals surface area contributed by atoms with Crippen molar-refractivity contribution in [2.24, 2.45) is 29.6 Å². The van der Waals surface area contributed by atoms with Crippen LogP contribution in [-0.2, 0) is 9.59 Å². The number of likely N-dealkylation sites (tertiary alicyclic amines) is 1. The molecular weight excluding hydrogens is 404 g/mol. The Bertz CT molecular complexity index is 707. The molecule has 0 spiro atoms. The third kappa shape index (κ3) is 5.13. The van der Waals surface area contributed by atoms with Crippen LogP contribution in [0.3, 0.4) is 0 Å². The van der Waals surface area contributed by atoms with Crippen LogP contribution in [0.15, 0.2) is 0 Å². The molecule has 2 heterocycles. The van der Waals surface area contributed by atoms with Gasteiger partial charge in [0.05, 0.1) is 0 Å². The third-order valence-electron chi connectivity index (χ3n) is 8.91. The number of urea groups is 1. The van der Waals surface area contributed by atoms with Gasteiger partial charge in [-0.1, -0.05) is 26.2 Å². The molecule has 7 nitrogen and oxygen atoms in total. The molecule has 2 saturated heterocycles. The Kier molecular flexibility index (Phi) is 7.43. The fraction of sp³-hybridized carbons (Fsp3) is 0.880. The van der Waals surface area contributed by atoms with Gasteiger partial charge in [0, 0.05) is 43.6 Å². The van der Waals surface area contributed by atoms with Crippen LogP contribution in [0.4, 0.5) is 4.79 Å². The lowest BCUT2D eigenvalue weighted by Gasteiger charge is -2.50. The van der Waals surface area contributed by atoms with Gasteiger partial charge in [-0.3, -0.25) is 14.9 Å². The first kappa shape index (κ1) is 23.5. The molecule has 4 amide bonds. The molecule has 3 N–H and O–H groups in total. The number of nitrogens with one attached hydrogen (secondary N) is 3. The molecule has 7 atom stereocenters. The first-order valence-corrected chi connectivity index (χ1v) is 12.9. The van der Waals surface area contributed by atoms with Crippen LogP contribution in [0.5, 0.6) is 0 Å². The molecule has 7 unspecified atom stereocenters. The Morgan fingerprint density at radius 2 is 1.75 bits per heavy atom. The maximum absolute atomic E-state index is 13.3. The van der Waals surface area contributed by atoms with Gasteiger partial charge in [0.25, 0.3) is 0 Å². The molecule has 4 fully saturated rings. The summed E-state index contributed by atoms with van der Waals surface area (Å²) in [5.41, 5.74) is 0. The van der Waals surface area contributed by atoms with E-state index in [9.17, 15) is 14.4 Å². The second-order valence-electron chi connectivity index (χ2n) is 11.1. The topological polar surface area (TPSA) is 90.5 Å². The first-order valence-electron chi connectivity index (χ1n) is 12.9. The minimum atomic E-state index is -0.351. The minimum absolute atomic E-state index is 0.0156. The number of carbonyl (C=O) groups excluding carboxylic acids is 3. The summed E-state index contributed by atoms with van der Waals surface area (Å²) in [5.74, 6) is 1.00. The molecule has 4 rings (SSSR count). The molecule has 2 saturated carbocycles. The second-order valence-corrected chi connectivity index (χ2v) is 11.1. The van der Waals surface area contributed by atoms with E-state index in [1.807, 2.05) is 11.9 Å². The van der Waals surface area contributed by atoms with Crippen LogP contribution in [0.25, 0.3) is 0 Å². The molecule has 7 heteroatoms. The highest BCUT2D eigenvalue weighted by Crippen LogP contribution is 2.44. The van der Waals surface area contributed by atoms with Crippen molar-refractivity contribution in [3.63, 3.8) is 0 Å². The van der Waals surface area contributed by atoms with Gasteiger partial charge < -0.3 is 15.5 Å². The number of carbonyl (C=O) groups is 3. The molecule has 0 radical (unpaired) electrons. The number of hydrogen-bond donors (Lipinski definition) is 3. The fourth-order valence-electron chi connectivity index (χ4n) is 6.89. The zero-order chi connectivity index (χ0) is 22.8. The molecule has 0 aromatic rings. The second kappa shape index (κ2) is 10.1. The average molecular weight is 447 g/mol. The number of amides is 4. The summed E-state index contributed by atoms with van der Waals surface area (Å²) in [6.07, 6.45) is 9.87. The number of hydrogen-bond acceptors (Lipinski definition) is 4. The third-order valence-corrected chi connectivity index (χ3v) is 8.91. The van der Waals surface area contributed by atoms with Crippen molar-refractivity contribution in [3.8, 4) is 0 Å². The van der Waals surface area contributed by atoms with Crippen LogP contribution in [0.2, 0.25) is 0 Å². The summed E-state index contributed by atoms with van der Waals surface area (Å²) >= 11 is 0. The van der Waals surface area contributed by atoms with Gasteiger partial charge in [-0.15, -0.1) is 0 Å². The molecule has 32 heavy (non-hydrogen) atoms. The van der Waals surface area contributed by atoms with Crippen molar-refractivity contribution in [1.29, 1.82) is 0 Å². The van der Waals surface area contributed by atoms with E-state index in [-0.39, 0.29) is 41.6 Å². The van der Waals surface area contributed by atoms with Gasteiger partial charge in [0.2, 0.25) is 11.8 Å². The summed E-state index contributed by atoms with van der Waals surface area (Å²) in [7, 11) is 1.97. The van der Waals surface area contributed by atoms with Crippen molar-refractivity contribution in [3.05, 3.63) is 0 Å². The summed E-state index contributed by atoms with van der Waals surface area (Å²) in [5, 5.41) is 9.18. The lowest BCUT2D eigenvalue weighted by molar-refractivity contribution is -0.149. The maximum atomic E-state index is 13.3. The molecule has 0 aromatic heterocycles. The van der Waals surface area contributed by atoms with Crippen LogP contribution >= 0.6 is 0 Å². The van der Waals surface area contributed by atoms with Crippen LogP contribution in [-0.4, -0.2) is 54.5 Å². The van der Waals surface area contributed by atoms with Gasteiger partial charge in [-0.2, -0.15) is 0 Å². The summed E-state index contributed by atoms with van der Waals surface area (Å²) < 4.78 is 0. The number of nitrogens with zero attached hydrogens (tertiary/aromatic N) is 1. The number of imide groups is 1. The summed E-state index contributed by atoms with van der Waals surface area (Å²) in [4.78, 5) is 40.7. The smallest absolute Gasteiger partial charge is 0.321 e. The van der Waals surface area contributed by atoms with Gasteiger partial charge in [-0.05, 0) is 69.6 Å². The highest BCUT2D eigenvalue weighted by Gasteiger charge is 2.47. The van der Waals surface area contributed by atoms with Crippen LogP contribution in [0, 0.1) is 29.6 Å². The van der Waals surface area contributed by atoms with E-state index in [1.54, 1.807) is 0 Å². The van der Waals surface area contributed by atoms with Crippen molar-refractivity contribution in [2.45, 2.75) is 96.2 Å². The standard InChI is InChI=1S/C25H42N4O3/c1-15-9-10-17(23(30)28-25(32)27-19-7-5-4-6-8-19)12-20(15)21-13-18-14-26-16(2)11-22(18)29(3)24(21)31/h15-22,26H,4-14H2,1-3H3,(H2,27,28,30,32). The summed E-state index contributed by atoms with van der Waals surface area (Å²) in [6, 6.07) is 0.614. The molecular formula is C25H42N4O3. The fourth-order valence-corrected chi connectivity index (χ4v) is 6.89. The van der Waals surface area contributed by atoms with Crippen molar-refractivity contribution in [1.82, 2.24) is 20.9 Å². The van der Waals surface area contributed by atoms with Gasteiger partial charge in [-0.25, -0.2) is 4.79 Å². The first-order chi connectivity index (χ1) is 15.3. The quantitative estimate of drug-likeness (QED) is 0.622. The Morgan fingerprint density at radius 1 is 1.00 bits per heavy atom. The highest BCUT2D eigenvalue weighted by atomic mass is 16.2. The van der Waals surface area contributed by atoms with E-state index in [0.29, 0.717) is 30.3 Å². The highest BCUT2D eigenvalue weighted by molar-refractivity contribution is 5.95. The molecule has 180 valence electrons. The zero-order valence-electron chi connectivity index (χ0n) is 20.1. The Labute approximate surface area is 192 Å². The van der Waals surface area contributed by atoms with Gasteiger partial charge in [0.1, 0.15) is 0 Å². The van der Waals surface area contributed by atoms with Gasteiger partial charge in [0.15, 0.2) is 0 Å². The van der Waals surface area contributed by atoms with Crippen LogP contribution < -0.4 is 16.0 Å². The number of fused-ring (bicyclic) bond motifs is 1. The van der Waals surface area contributed by atoms with Gasteiger partial charge >= 0.3 is 6.03 Å². The normalized spacial score (nSPS) is 38.7. The average Bonchev–Trinajstić information content (AvgIpc) is 2.77. The SMILES string of the molecule is CC1CC2C(CN1)CC(C1CC(C(=O)NC(=O)NC3CCCCC3)CCC1C)C(=O)N2C. The summed E-state index contributed by atoms with van der Waals surface area (Å²) in [6.45, 7) is 5.39. The Morgan fingerprint density at radius 3 is 2.50 bits per heavy atom. The molecule has 4 aliphatic rings. The van der Waals surface area contributed by atoms with Crippen LogP contribution in [0.1, 0.15) is 78.1 Å². The van der Waals surface area contributed by atoms with E-state index >= 15 is 0 Å². The minimum Gasteiger partial charge on any atom is -0.342 e. The van der Waals surface area contributed by atoms with Crippen molar-refractivity contribution >= 4 is 17.8 Å². The zero-order valence-corrected chi connectivity index (χ0v) is 20.1. The predicted octanol–water partition coefficient (Wildman–Crippen LogP) is 3.04. The van der Waals surface area contributed by atoms with Crippen molar-refractivity contribution in [2.75, 3.05) is 13.6 Å². The lowest BCUT2D eigenvalue weighted by Crippen LogP contribution is -2.60. The molecule has 2 aliphatic heterocycles. The maximum Gasteiger partial charge on any atom is 0.321 e. The van der Waals surface area contributed by atoms with E-state index < -0.39 is 0 Å². The Balaban J connectivity index is 1.35. The molecule has 2 aliphatic carbocycles. The Hall–Kier alpha value is -1.63. The molecule has 0 aromatic carbocycles. The van der Waals surface area contributed by atoms with E-state index in [4.69, 9.17) is 0 Å². The van der Waals surface area contributed by atoms with E-state index in [0.717, 1.165) is 57.9 Å².